The van der Waals surface area contributed by atoms with Crippen LogP contribution in [0.3, 0.4) is 0 Å². The molecule has 4 aromatic rings. The average molecular weight is 416 g/mol. The van der Waals surface area contributed by atoms with Crippen molar-refractivity contribution in [2.24, 2.45) is 0 Å². The third kappa shape index (κ3) is 4.23. The van der Waals surface area contributed by atoms with Gasteiger partial charge >= 0.3 is 0 Å². The third-order valence-electron chi connectivity index (χ3n) is 4.75. The highest BCUT2D eigenvalue weighted by Crippen LogP contribution is 2.28. The van der Waals surface area contributed by atoms with Gasteiger partial charge in [-0.05, 0) is 86.6 Å². The minimum absolute atomic E-state index is 0.237. The van der Waals surface area contributed by atoms with Crippen molar-refractivity contribution < 1.29 is 9.21 Å². The Bertz CT molecular complexity index is 1240. The number of thiocarbonyl (C=S) groups is 1. The summed E-state index contributed by atoms with van der Waals surface area (Å²) in [4.78, 5) is 16.9. The van der Waals surface area contributed by atoms with Crippen molar-refractivity contribution >= 4 is 40.0 Å². The molecule has 1 amide bonds. The van der Waals surface area contributed by atoms with E-state index in [9.17, 15) is 4.79 Å². The first-order chi connectivity index (χ1) is 14.4. The van der Waals surface area contributed by atoms with Gasteiger partial charge < -0.3 is 9.73 Å². The Morgan fingerprint density at radius 3 is 2.33 bits per heavy atom. The number of amides is 1. The van der Waals surface area contributed by atoms with E-state index in [1.165, 1.54) is 0 Å². The summed E-state index contributed by atoms with van der Waals surface area (Å²) < 4.78 is 5.96. The van der Waals surface area contributed by atoms with Crippen LogP contribution in [0.2, 0.25) is 0 Å². The summed E-state index contributed by atoms with van der Waals surface area (Å²) in [6.45, 7) is 6.03. The van der Waals surface area contributed by atoms with E-state index in [1.807, 2.05) is 63.2 Å². The van der Waals surface area contributed by atoms with Crippen molar-refractivity contribution in [3.05, 3.63) is 82.9 Å². The van der Waals surface area contributed by atoms with Crippen LogP contribution in [0.4, 0.5) is 5.69 Å². The number of aryl methyl sites for hydroxylation is 3. The molecule has 3 aromatic carbocycles. The van der Waals surface area contributed by atoms with Gasteiger partial charge in [-0.15, -0.1) is 0 Å². The molecule has 0 fully saturated rings. The van der Waals surface area contributed by atoms with Gasteiger partial charge in [0.2, 0.25) is 5.89 Å². The molecule has 0 bridgehead atoms. The largest absolute Gasteiger partial charge is 0.436 e. The summed E-state index contributed by atoms with van der Waals surface area (Å²) in [5, 5.41) is 5.95. The second kappa shape index (κ2) is 8.08. The van der Waals surface area contributed by atoms with Gasteiger partial charge in [0.25, 0.3) is 5.91 Å². The molecule has 0 aliphatic carbocycles. The molecule has 0 unspecified atom stereocenters. The fourth-order valence-electron chi connectivity index (χ4n) is 3.24. The Morgan fingerprint density at radius 2 is 1.63 bits per heavy atom. The van der Waals surface area contributed by atoms with Crippen molar-refractivity contribution in [2.45, 2.75) is 20.8 Å². The Labute approximate surface area is 180 Å². The number of hydrogen-bond acceptors (Lipinski definition) is 4. The number of fused-ring (bicyclic) bond motifs is 1. The van der Waals surface area contributed by atoms with E-state index in [2.05, 4.69) is 21.7 Å². The second-order valence-electron chi connectivity index (χ2n) is 7.30. The summed E-state index contributed by atoms with van der Waals surface area (Å²) in [5.41, 5.74) is 7.15. The van der Waals surface area contributed by atoms with Gasteiger partial charge in [0, 0.05) is 16.8 Å². The number of aromatic nitrogens is 1. The molecule has 0 radical (unpaired) electrons. The highest BCUT2D eigenvalue weighted by Gasteiger charge is 2.12. The monoisotopic (exact) mass is 415 g/mol. The van der Waals surface area contributed by atoms with Gasteiger partial charge in [-0.2, -0.15) is 0 Å². The molecule has 1 heterocycles. The lowest BCUT2D eigenvalue weighted by atomic mass is 10.1. The van der Waals surface area contributed by atoms with Crippen molar-refractivity contribution in [1.29, 1.82) is 0 Å². The highest BCUT2D eigenvalue weighted by molar-refractivity contribution is 7.80. The minimum atomic E-state index is -0.249. The zero-order chi connectivity index (χ0) is 21.3. The molecule has 0 spiro atoms. The van der Waals surface area contributed by atoms with Crippen LogP contribution in [0, 0.1) is 20.8 Å². The first-order valence-electron chi connectivity index (χ1n) is 9.56. The maximum Gasteiger partial charge on any atom is 0.257 e. The lowest BCUT2D eigenvalue weighted by molar-refractivity contribution is 0.0977. The predicted molar refractivity (Wildman–Crippen MR) is 124 cm³/mol. The van der Waals surface area contributed by atoms with Crippen LogP contribution in [0.1, 0.15) is 27.0 Å². The maximum absolute atomic E-state index is 12.3. The van der Waals surface area contributed by atoms with Crippen molar-refractivity contribution in [3.63, 3.8) is 0 Å². The lowest BCUT2D eigenvalue weighted by Crippen LogP contribution is -2.34. The van der Waals surface area contributed by atoms with Crippen molar-refractivity contribution in [3.8, 4) is 11.5 Å². The number of carbonyl (C=O) groups excluding carboxylic acids is 1. The molecule has 150 valence electrons. The average Bonchev–Trinajstić information content (AvgIpc) is 3.13. The molecule has 30 heavy (non-hydrogen) atoms. The van der Waals surface area contributed by atoms with E-state index < -0.39 is 0 Å². The van der Waals surface area contributed by atoms with Crippen LogP contribution in [0.15, 0.2) is 65.1 Å². The summed E-state index contributed by atoms with van der Waals surface area (Å²) in [6, 6.07) is 18.9. The number of anilines is 1. The fourth-order valence-corrected chi connectivity index (χ4v) is 3.45. The van der Waals surface area contributed by atoms with Gasteiger partial charge in [0.1, 0.15) is 5.52 Å². The van der Waals surface area contributed by atoms with Crippen LogP contribution in [0.25, 0.3) is 22.6 Å². The van der Waals surface area contributed by atoms with E-state index in [-0.39, 0.29) is 11.0 Å². The van der Waals surface area contributed by atoms with Crippen LogP contribution in [0.5, 0.6) is 0 Å². The lowest BCUT2D eigenvalue weighted by Gasteiger charge is -2.10. The second-order valence-corrected chi connectivity index (χ2v) is 7.71. The minimum Gasteiger partial charge on any atom is -0.436 e. The molecule has 5 nitrogen and oxygen atoms in total. The predicted octanol–water partition coefficient (Wildman–Crippen LogP) is 5.55. The molecule has 0 saturated heterocycles. The first-order valence-corrected chi connectivity index (χ1v) is 9.97. The highest BCUT2D eigenvalue weighted by atomic mass is 32.1. The molecule has 4 rings (SSSR count). The molecule has 1 aromatic heterocycles. The SMILES string of the molecule is Cc1ccc(C(=O)NC(=S)Nc2ccc(-c3nc4cc(C)cc(C)c4o3)cc2)cc1. The normalized spacial score (nSPS) is 10.8. The standard InChI is InChI=1S/C24H21N3O2S/c1-14-4-6-17(7-5-14)22(28)27-24(30)25-19-10-8-18(9-11-19)23-26-20-13-15(2)12-16(3)21(20)29-23/h4-13H,1-3H3,(H2,25,27,28,30). The van der Waals surface area contributed by atoms with E-state index in [4.69, 9.17) is 16.6 Å². The van der Waals surface area contributed by atoms with E-state index in [0.717, 1.165) is 39.0 Å². The zero-order valence-electron chi connectivity index (χ0n) is 16.9. The number of hydrogen-bond donors (Lipinski definition) is 2. The molecule has 0 aliphatic rings. The molecular formula is C24H21N3O2S. The summed E-state index contributed by atoms with van der Waals surface area (Å²) in [7, 11) is 0. The first kappa shape index (κ1) is 19.8. The number of nitrogens with zero attached hydrogens (tertiary/aromatic N) is 1. The zero-order valence-corrected chi connectivity index (χ0v) is 17.8. The van der Waals surface area contributed by atoms with Gasteiger partial charge in [-0.1, -0.05) is 23.8 Å². The molecule has 0 aliphatic heterocycles. The molecule has 0 saturated carbocycles. The van der Waals surface area contributed by atoms with E-state index >= 15 is 0 Å². The number of carbonyl (C=O) groups is 1. The molecular weight excluding hydrogens is 394 g/mol. The Balaban J connectivity index is 1.44. The molecule has 0 atom stereocenters. The van der Waals surface area contributed by atoms with Gasteiger partial charge in [0.05, 0.1) is 0 Å². The van der Waals surface area contributed by atoms with Crippen molar-refractivity contribution in [2.75, 3.05) is 5.32 Å². The van der Waals surface area contributed by atoms with Gasteiger partial charge in [-0.3, -0.25) is 10.1 Å². The number of rotatable bonds is 3. The fraction of sp³-hybridized carbons (Fsp3) is 0.125. The van der Waals surface area contributed by atoms with Gasteiger partial charge in [0.15, 0.2) is 10.7 Å². The number of nitrogens with one attached hydrogen (secondary N) is 2. The van der Waals surface area contributed by atoms with Crippen LogP contribution >= 0.6 is 12.2 Å². The van der Waals surface area contributed by atoms with E-state index in [0.29, 0.717) is 11.5 Å². The van der Waals surface area contributed by atoms with E-state index in [1.54, 1.807) is 12.1 Å². The topological polar surface area (TPSA) is 67.2 Å². The smallest absolute Gasteiger partial charge is 0.257 e. The van der Waals surface area contributed by atoms with Gasteiger partial charge in [-0.25, -0.2) is 4.98 Å². The summed E-state index contributed by atoms with van der Waals surface area (Å²) in [5.74, 6) is 0.321. The molecule has 2 N–H and O–H groups in total. The number of benzene rings is 3. The van der Waals surface area contributed by atoms with Crippen LogP contribution in [-0.2, 0) is 0 Å². The number of oxazole rings is 1. The summed E-state index contributed by atoms with van der Waals surface area (Å²) in [6.07, 6.45) is 0. The maximum atomic E-state index is 12.3. The van der Waals surface area contributed by atoms with Crippen molar-refractivity contribution in [1.82, 2.24) is 10.3 Å². The molecule has 6 heteroatoms. The quantitative estimate of drug-likeness (QED) is 0.430. The Kier molecular flexibility index (Phi) is 5.33. The Morgan fingerprint density at radius 1 is 0.933 bits per heavy atom. The van der Waals surface area contributed by atoms with Crippen LogP contribution < -0.4 is 10.6 Å². The third-order valence-corrected chi connectivity index (χ3v) is 4.95. The van der Waals surface area contributed by atoms with Crippen LogP contribution in [-0.4, -0.2) is 16.0 Å². The summed E-state index contributed by atoms with van der Waals surface area (Å²) >= 11 is 5.26. The Hall–Kier alpha value is -3.51.